The van der Waals surface area contributed by atoms with Gasteiger partial charge in [0, 0.05) is 0 Å². The molecule has 1 aliphatic rings. The van der Waals surface area contributed by atoms with Crippen LogP contribution in [0.3, 0.4) is 0 Å². The van der Waals surface area contributed by atoms with Gasteiger partial charge in [-0.05, 0) is 0 Å². The average molecular weight is 271 g/mol. The van der Waals surface area contributed by atoms with E-state index in [1.807, 2.05) is 6.08 Å². The molecule has 0 radical (unpaired) electrons. The first-order valence-corrected chi connectivity index (χ1v) is 6.70. The zero-order valence-corrected chi connectivity index (χ0v) is 7.88. The molecule has 0 aliphatic carbocycles. The van der Waals surface area contributed by atoms with E-state index in [-0.39, 0.29) is 0 Å². The third-order valence-electron chi connectivity index (χ3n) is 0.688. The average Bonchev–Trinajstić information content (AvgIpc) is 1.86. The summed E-state index contributed by atoms with van der Waals surface area (Å²) in [4.78, 5) is 0. The van der Waals surface area contributed by atoms with E-state index in [4.69, 9.17) is 5.73 Å². The molecular formula is C4H5NTl. The zero-order chi connectivity index (χ0) is 4.41. The van der Waals surface area contributed by atoms with Crippen LogP contribution in [0.1, 0.15) is 0 Å². The van der Waals surface area contributed by atoms with Crippen molar-refractivity contribution >= 4 is 24.2 Å². The van der Waals surface area contributed by atoms with E-state index in [1.165, 1.54) is 3.26 Å². The Kier molecular flexibility index (Phi) is 1.29. The SMILES string of the molecule is N[C]1=CC=[CH][Tl]1. The molecule has 1 rings (SSSR count). The number of hydrogen-bond acceptors (Lipinski definition) is 1. The first-order chi connectivity index (χ1) is 2.89. The Morgan fingerprint density at radius 2 is 2.50 bits per heavy atom. The van der Waals surface area contributed by atoms with Gasteiger partial charge in [-0.25, -0.2) is 0 Å². The normalized spacial score (nSPS) is 15.7. The molecule has 29 valence electrons. The second-order valence-electron chi connectivity index (χ2n) is 1.22. The Bertz CT molecular complexity index is 104. The van der Waals surface area contributed by atoms with Crippen molar-refractivity contribution < 1.29 is 0 Å². The van der Waals surface area contributed by atoms with Gasteiger partial charge in [-0.15, -0.1) is 0 Å². The van der Waals surface area contributed by atoms with Gasteiger partial charge in [0.2, 0.25) is 0 Å². The predicted molar refractivity (Wildman–Crippen MR) is 27.2 cm³/mol. The number of allylic oxidation sites excluding steroid dienone is 2. The summed E-state index contributed by atoms with van der Waals surface area (Å²) in [6, 6.07) is 0. The Hall–Kier alpha value is 0.202. The van der Waals surface area contributed by atoms with Gasteiger partial charge in [0.25, 0.3) is 0 Å². The topological polar surface area (TPSA) is 26.0 Å². The summed E-state index contributed by atoms with van der Waals surface area (Å²) in [7, 11) is 0. The maximum absolute atomic E-state index is 5.43. The third-order valence-corrected chi connectivity index (χ3v) is 4.54. The second kappa shape index (κ2) is 1.77. The van der Waals surface area contributed by atoms with E-state index in [1.54, 1.807) is 0 Å². The molecule has 0 aromatic heterocycles. The van der Waals surface area contributed by atoms with Gasteiger partial charge >= 0.3 is 49.0 Å². The molecule has 2 N–H and O–H groups in total. The molecule has 2 heteroatoms. The molecule has 0 aromatic carbocycles. The van der Waals surface area contributed by atoms with Crippen molar-refractivity contribution in [1.82, 2.24) is 0 Å². The molecule has 1 aliphatic heterocycles. The molecule has 0 aromatic rings. The monoisotopic (exact) mass is 272 g/mol. The van der Waals surface area contributed by atoms with E-state index in [0.29, 0.717) is 0 Å². The molecule has 0 saturated heterocycles. The molecule has 0 saturated carbocycles. The van der Waals surface area contributed by atoms with Gasteiger partial charge in [-0.2, -0.15) is 0 Å². The fraction of sp³-hybridized carbons (Fsp3) is 0. The molecule has 1 heterocycles. The first kappa shape index (κ1) is 4.36. The molecular weight excluding hydrogens is 266 g/mol. The van der Waals surface area contributed by atoms with E-state index < -0.39 is 24.2 Å². The van der Waals surface area contributed by atoms with Crippen LogP contribution in [0.5, 0.6) is 0 Å². The van der Waals surface area contributed by atoms with Crippen LogP contribution in [-0.2, 0) is 0 Å². The number of rotatable bonds is 0. The summed E-state index contributed by atoms with van der Waals surface area (Å²) >= 11 is -0.583. The molecule has 0 bridgehead atoms. The standard InChI is InChI=1S/C4H5N.Tl/c1-2-3-4-5;/h1-3H,5H2;. The predicted octanol–water partition coefficient (Wildman–Crippen LogP) is 0.0180. The van der Waals surface area contributed by atoms with Gasteiger partial charge in [-0.1, -0.05) is 0 Å². The molecule has 0 atom stereocenters. The summed E-state index contributed by atoms with van der Waals surface area (Å²) in [5.74, 6) is 0. The van der Waals surface area contributed by atoms with Gasteiger partial charge in [0.15, 0.2) is 0 Å². The summed E-state index contributed by atoms with van der Waals surface area (Å²) in [6.07, 6.45) is 4.07. The van der Waals surface area contributed by atoms with E-state index in [2.05, 4.69) is 9.71 Å². The molecule has 0 amide bonds. The molecule has 0 spiro atoms. The van der Waals surface area contributed by atoms with Crippen LogP contribution in [0.15, 0.2) is 19.0 Å². The quantitative estimate of drug-likeness (QED) is 0.618. The zero-order valence-electron chi connectivity index (χ0n) is 3.39. The van der Waals surface area contributed by atoms with Crippen LogP contribution in [-0.4, -0.2) is 24.2 Å². The first-order valence-electron chi connectivity index (χ1n) is 1.87. The van der Waals surface area contributed by atoms with Crippen molar-refractivity contribution in [3.05, 3.63) is 19.0 Å². The minimum absolute atomic E-state index is 0.583. The van der Waals surface area contributed by atoms with E-state index in [0.717, 1.165) is 0 Å². The minimum atomic E-state index is -0.583. The Labute approximate surface area is 49.1 Å². The van der Waals surface area contributed by atoms with Gasteiger partial charge in [0.05, 0.1) is 0 Å². The third kappa shape index (κ3) is 0.831. The van der Waals surface area contributed by atoms with E-state index >= 15 is 0 Å². The van der Waals surface area contributed by atoms with Crippen LogP contribution in [0.2, 0.25) is 0 Å². The Balaban J connectivity index is 2.61. The van der Waals surface area contributed by atoms with E-state index in [9.17, 15) is 0 Å². The fourth-order valence-electron chi connectivity index (χ4n) is 0.389. The van der Waals surface area contributed by atoms with Crippen LogP contribution in [0.25, 0.3) is 0 Å². The fourth-order valence-corrected chi connectivity index (χ4v) is 2.98. The summed E-state index contributed by atoms with van der Waals surface area (Å²) in [6.45, 7) is 0. The molecule has 6 heavy (non-hydrogen) atoms. The Morgan fingerprint density at radius 1 is 1.67 bits per heavy atom. The van der Waals surface area contributed by atoms with Gasteiger partial charge in [-0.3, -0.25) is 0 Å². The molecule has 1 nitrogen and oxygen atoms in total. The number of nitrogens with two attached hydrogens (primary N) is 1. The van der Waals surface area contributed by atoms with Crippen molar-refractivity contribution in [3.63, 3.8) is 0 Å². The Morgan fingerprint density at radius 3 is 2.67 bits per heavy atom. The molecule has 0 unspecified atom stereocenters. The van der Waals surface area contributed by atoms with Crippen molar-refractivity contribution in [3.8, 4) is 0 Å². The molecule has 0 fully saturated rings. The van der Waals surface area contributed by atoms with Crippen molar-refractivity contribution in [1.29, 1.82) is 0 Å². The summed E-state index contributed by atoms with van der Waals surface area (Å²) < 4.78 is 3.42. The van der Waals surface area contributed by atoms with Crippen molar-refractivity contribution in [2.75, 3.05) is 0 Å². The summed E-state index contributed by atoms with van der Waals surface area (Å²) in [5.41, 5.74) is 5.43. The van der Waals surface area contributed by atoms with Crippen molar-refractivity contribution in [2.24, 2.45) is 5.73 Å². The van der Waals surface area contributed by atoms with Gasteiger partial charge in [0.1, 0.15) is 0 Å². The second-order valence-corrected chi connectivity index (χ2v) is 6.60. The van der Waals surface area contributed by atoms with Crippen LogP contribution >= 0.6 is 0 Å². The summed E-state index contributed by atoms with van der Waals surface area (Å²) in [5, 5.41) is 0. The van der Waals surface area contributed by atoms with Crippen LogP contribution in [0, 0.1) is 0 Å². The van der Waals surface area contributed by atoms with Gasteiger partial charge < -0.3 is 0 Å². The van der Waals surface area contributed by atoms with Crippen LogP contribution in [0.4, 0.5) is 0 Å². The van der Waals surface area contributed by atoms with Crippen molar-refractivity contribution in [2.45, 2.75) is 0 Å². The van der Waals surface area contributed by atoms with Crippen LogP contribution < -0.4 is 5.73 Å². The number of hydrogen-bond donors (Lipinski definition) is 1. The maximum atomic E-state index is 5.43.